The van der Waals surface area contributed by atoms with Gasteiger partial charge in [-0.3, -0.25) is 13.9 Å². The van der Waals surface area contributed by atoms with Crippen LogP contribution in [0.4, 0.5) is 5.69 Å². The fourth-order valence-electron chi connectivity index (χ4n) is 3.96. The highest BCUT2D eigenvalue weighted by molar-refractivity contribution is 7.92. The first-order chi connectivity index (χ1) is 17.6. The number of carbonyl (C=O) groups is 2. The second kappa shape index (κ2) is 14.8. The van der Waals surface area contributed by atoms with E-state index >= 15 is 0 Å². The molecular weight excluding hydrogens is 514 g/mol. The van der Waals surface area contributed by atoms with Crippen molar-refractivity contribution in [1.29, 1.82) is 0 Å². The Morgan fingerprint density at radius 1 is 1.03 bits per heavy atom. The van der Waals surface area contributed by atoms with Gasteiger partial charge in [0.2, 0.25) is 21.8 Å². The molecule has 0 aromatic heterocycles. The van der Waals surface area contributed by atoms with Crippen molar-refractivity contribution < 1.29 is 22.7 Å². The number of nitrogens with zero attached hydrogens (tertiary/aromatic N) is 2. The van der Waals surface area contributed by atoms with E-state index in [1.165, 1.54) is 4.31 Å². The first-order valence-electron chi connectivity index (χ1n) is 12.5. The van der Waals surface area contributed by atoms with E-state index in [1.807, 2.05) is 26.0 Å². The Bertz CT molecular complexity index is 1110. The largest absolute Gasteiger partial charge is 0.497 e. The van der Waals surface area contributed by atoms with Crippen LogP contribution in [0.3, 0.4) is 0 Å². The molecule has 8 nitrogen and oxygen atoms in total. The fourth-order valence-corrected chi connectivity index (χ4v) is 5.06. The molecule has 204 valence electrons. The quantitative estimate of drug-likeness (QED) is 0.326. The van der Waals surface area contributed by atoms with Gasteiger partial charge in [0.25, 0.3) is 0 Å². The molecule has 1 unspecified atom stereocenters. The highest BCUT2D eigenvalue weighted by Crippen LogP contribution is 2.23. The van der Waals surface area contributed by atoms with Crippen molar-refractivity contribution in [3.05, 3.63) is 59.1 Å². The number of anilines is 1. The number of ether oxygens (including phenoxy) is 1. The van der Waals surface area contributed by atoms with Crippen LogP contribution in [0.1, 0.15) is 51.5 Å². The molecule has 0 saturated heterocycles. The van der Waals surface area contributed by atoms with Gasteiger partial charge in [0.1, 0.15) is 11.8 Å². The molecule has 2 aromatic carbocycles. The molecule has 1 atom stereocenters. The molecular formula is C27H38ClN3O5S. The monoisotopic (exact) mass is 551 g/mol. The number of rotatable bonds is 15. The summed E-state index contributed by atoms with van der Waals surface area (Å²) in [6, 6.07) is 13.3. The molecule has 0 radical (unpaired) electrons. The van der Waals surface area contributed by atoms with Crippen LogP contribution in [0.15, 0.2) is 48.5 Å². The van der Waals surface area contributed by atoms with Crippen molar-refractivity contribution in [3.8, 4) is 5.75 Å². The van der Waals surface area contributed by atoms with Crippen molar-refractivity contribution >= 4 is 39.1 Å². The lowest BCUT2D eigenvalue weighted by Crippen LogP contribution is -2.49. The molecule has 0 aliphatic heterocycles. The summed E-state index contributed by atoms with van der Waals surface area (Å²) in [6.07, 6.45) is 3.80. The summed E-state index contributed by atoms with van der Waals surface area (Å²) < 4.78 is 31.4. The van der Waals surface area contributed by atoms with Gasteiger partial charge in [0.05, 0.1) is 19.1 Å². The minimum atomic E-state index is -3.56. The van der Waals surface area contributed by atoms with E-state index in [0.717, 1.165) is 24.7 Å². The number of amides is 2. The zero-order chi connectivity index (χ0) is 27.4. The Labute approximate surface area is 226 Å². The molecule has 0 spiro atoms. The summed E-state index contributed by atoms with van der Waals surface area (Å²) in [5.74, 6) is 0.220. The second-order valence-electron chi connectivity index (χ2n) is 8.85. The molecule has 10 heteroatoms. The van der Waals surface area contributed by atoms with Crippen LogP contribution in [-0.4, -0.2) is 57.6 Å². The zero-order valence-electron chi connectivity index (χ0n) is 22.1. The number of hydrogen-bond acceptors (Lipinski definition) is 5. The molecule has 0 aliphatic carbocycles. The SMILES string of the molecule is CCCCNC(=O)C(CC)N(Cc1ccc(Cl)cc1)C(=O)CCCN(c1ccc(OC)cc1)S(C)(=O)=O. The molecule has 0 aliphatic rings. The standard InChI is InChI=1S/C27H38ClN3O5S/c1-5-7-18-29-27(33)25(6-2)30(20-21-10-12-22(28)13-11-21)26(32)9-8-19-31(37(4,34)35)23-14-16-24(36-3)17-15-23/h10-17,25H,5-9,18-20H2,1-4H3,(H,29,33). The zero-order valence-corrected chi connectivity index (χ0v) is 23.6. The van der Waals surface area contributed by atoms with Crippen LogP contribution in [0.5, 0.6) is 5.75 Å². The van der Waals surface area contributed by atoms with E-state index in [0.29, 0.717) is 35.8 Å². The number of sulfonamides is 1. The molecule has 0 bridgehead atoms. The number of carbonyl (C=O) groups excluding carboxylic acids is 2. The summed E-state index contributed by atoms with van der Waals surface area (Å²) >= 11 is 6.02. The van der Waals surface area contributed by atoms with Gasteiger partial charge >= 0.3 is 0 Å². The maximum Gasteiger partial charge on any atom is 0.242 e. The van der Waals surface area contributed by atoms with Gasteiger partial charge in [-0.15, -0.1) is 0 Å². The number of unbranched alkanes of at least 4 members (excludes halogenated alkanes) is 1. The van der Waals surface area contributed by atoms with Gasteiger partial charge in [-0.05, 0) is 61.2 Å². The molecule has 1 N–H and O–H groups in total. The Hall–Kier alpha value is -2.78. The smallest absolute Gasteiger partial charge is 0.242 e. The van der Waals surface area contributed by atoms with Gasteiger partial charge < -0.3 is 15.0 Å². The minimum absolute atomic E-state index is 0.0918. The van der Waals surface area contributed by atoms with E-state index < -0.39 is 16.1 Å². The lowest BCUT2D eigenvalue weighted by Gasteiger charge is -2.31. The molecule has 0 heterocycles. The summed E-state index contributed by atoms with van der Waals surface area (Å²) in [5, 5.41) is 3.53. The highest BCUT2D eigenvalue weighted by Gasteiger charge is 2.28. The van der Waals surface area contributed by atoms with Crippen molar-refractivity contribution in [2.75, 3.05) is 30.8 Å². The highest BCUT2D eigenvalue weighted by atomic mass is 35.5. The number of nitrogens with one attached hydrogen (secondary N) is 1. The number of benzene rings is 2. The molecule has 0 fully saturated rings. The second-order valence-corrected chi connectivity index (χ2v) is 11.2. The lowest BCUT2D eigenvalue weighted by atomic mass is 10.1. The first kappa shape index (κ1) is 30.4. The molecule has 2 aromatic rings. The Morgan fingerprint density at radius 3 is 2.22 bits per heavy atom. The van der Waals surface area contributed by atoms with Gasteiger partial charge in [-0.1, -0.05) is 44.0 Å². The summed E-state index contributed by atoms with van der Waals surface area (Å²) in [6.45, 7) is 4.86. The van der Waals surface area contributed by atoms with Crippen LogP contribution in [0, 0.1) is 0 Å². The van der Waals surface area contributed by atoms with Crippen molar-refractivity contribution in [2.24, 2.45) is 0 Å². The van der Waals surface area contributed by atoms with Gasteiger partial charge in [0, 0.05) is 31.1 Å². The van der Waals surface area contributed by atoms with Crippen LogP contribution in [0.2, 0.25) is 5.02 Å². The predicted octanol–water partition coefficient (Wildman–Crippen LogP) is 4.62. The number of hydrogen-bond donors (Lipinski definition) is 1. The Kier molecular flexibility index (Phi) is 12.2. The number of halogens is 1. The molecule has 2 rings (SSSR count). The van der Waals surface area contributed by atoms with Gasteiger partial charge in [-0.2, -0.15) is 0 Å². The van der Waals surface area contributed by atoms with E-state index in [1.54, 1.807) is 48.4 Å². The van der Waals surface area contributed by atoms with Crippen molar-refractivity contribution in [1.82, 2.24) is 10.2 Å². The summed E-state index contributed by atoms with van der Waals surface area (Å²) in [7, 11) is -2.02. The third-order valence-electron chi connectivity index (χ3n) is 5.99. The fraction of sp³-hybridized carbons (Fsp3) is 0.481. The van der Waals surface area contributed by atoms with E-state index in [2.05, 4.69) is 5.32 Å². The van der Waals surface area contributed by atoms with E-state index in [4.69, 9.17) is 16.3 Å². The average Bonchev–Trinajstić information content (AvgIpc) is 2.87. The minimum Gasteiger partial charge on any atom is -0.497 e. The van der Waals surface area contributed by atoms with E-state index in [9.17, 15) is 18.0 Å². The van der Waals surface area contributed by atoms with Crippen molar-refractivity contribution in [2.45, 2.75) is 58.5 Å². The normalized spacial score (nSPS) is 12.0. The summed E-state index contributed by atoms with van der Waals surface area (Å²) in [4.78, 5) is 28.0. The van der Waals surface area contributed by atoms with Crippen LogP contribution in [-0.2, 0) is 26.2 Å². The molecule has 2 amide bonds. The van der Waals surface area contributed by atoms with Crippen LogP contribution < -0.4 is 14.4 Å². The lowest BCUT2D eigenvalue weighted by molar-refractivity contribution is -0.141. The van der Waals surface area contributed by atoms with Crippen LogP contribution in [0.25, 0.3) is 0 Å². The third kappa shape index (κ3) is 9.55. The summed E-state index contributed by atoms with van der Waals surface area (Å²) in [5.41, 5.74) is 1.35. The van der Waals surface area contributed by atoms with Gasteiger partial charge in [0.15, 0.2) is 0 Å². The third-order valence-corrected chi connectivity index (χ3v) is 7.44. The van der Waals surface area contributed by atoms with Crippen molar-refractivity contribution in [3.63, 3.8) is 0 Å². The maximum atomic E-state index is 13.4. The Balaban J connectivity index is 2.18. The average molecular weight is 552 g/mol. The topological polar surface area (TPSA) is 96.0 Å². The van der Waals surface area contributed by atoms with Gasteiger partial charge in [-0.25, -0.2) is 8.42 Å². The maximum absolute atomic E-state index is 13.4. The number of methoxy groups -OCH3 is 1. The van der Waals surface area contributed by atoms with Crippen LogP contribution >= 0.6 is 11.6 Å². The van der Waals surface area contributed by atoms with E-state index in [-0.39, 0.29) is 31.3 Å². The molecule has 0 saturated carbocycles. The Morgan fingerprint density at radius 2 is 1.68 bits per heavy atom. The molecule has 37 heavy (non-hydrogen) atoms. The predicted molar refractivity (Wildman–Crippen MR) is 148 cm³/mol. The first-order valence-corrected chi connectivity index (χ1v) is 14.8.